The van der Waals surface area contributed by atoms with Crippen LogP contribution in [0, 0.1) is 38.5 Å². The van der Waals surface area contributed by atoms with Crippen LogP contribution in [0.5, 0.6) is 0 Å². The van der Waals surface area contributed by atoms with Crippen LogP contribution in [-0.4, -0.2) is 40.7 Å². The normalized spacial score (nSPS) is 15.5. The zero-order valence-corrected chi connectivity index (χ0v) is 14.2. The van der Waals surface area contributed by atoms with E-state index in [-0.39, 0.29) is 30.6 Å². The maximum absolute atomic E-state index is 11.9. The number of carbonyl (C=O) groups is 1. The minimum atomic E-state index is -3.76. The van der Waals surface area contributed by atoms with Gasteiger partial charge in [-0.25, -0.2) is 0 Å². The van der Waals surface area contributed by atoms with Crippen LogP contribution in [0.2, 0.25) is 0 Å². The van der Waals surface area contributed by atoms with Crippen molar-refractivity contribution in [3.63, 3.8) is 0 Å². The van der Waals surface area contributed by atoms with Crippen LogP contribution in [-0.2, 0) is 23.8 Å². The van der Waals surface area contributed by atoms with Gasteiger partial charge in [0.05, 0.1) is 30.6 Å². The number of ether oxygens (including phenoxy) is 1. The molecule has 1 aliphatic rings. The van der Waals surface area contributed by atoms with Crippen LogP contribution < -0.4 is 5.32 Å². The van der Waals surface area contributed by atoms with Gasteiger partial charge in [0.25, 0.3) is 10.1 Å². The highest BCUT2D eigenvalue weighted by Crippen LogP contribution is 2.22. The molecular weight excluding hydrogens is 330 g/mol. The molecule has 1 amide bonds. The van der Waals surface area contributed by atoms with E-state index in [1.54, 1.807) is 37.8 Å². The van der Waals surface area contributed by atoms with Gasteiger partial charge in [-0.2, -0.15) is 8.42 Å². The molecule has 1 aromatic rings. The summed E-state index contributed by atoms with van der Waals surface area (Å²) in [6.07, 6.45) is 7.02. The predicted octanol–water partition coefficient (Wildman–Crippen LogP) is 1.24. The second-order valence-corrected chi connectivity index (χ2v) is 6.75. The van der Waals surface area contributed by atoms with Gasteiger partial charge in [0, 0.05) is 6.54 Å². The van der Waals surface area contributed by atoms with Crippen LogP contribution in [0.1, 0.15) is 5.56 Å². The molecule has 2 rings (SSSR count). The van der Waals surface area contributed by atoms with Crippen molar-refractivity contribution in [2.24, 2.45) is 0 Å². The van der Waals surface area contributed by atoms with Crippen molar-refractivity contribution in [1.29, 1.82) is 0 Å². The van der Waals surface area contributed by atoms with Gasteiger partial charge >= 0.3 is 0 Å². The van der Waals surface area contributed by atoms with Crippen molar-refractivity contribution < 1.29 is 22.1 Å². The Morgan fingerprint density at radius 1 is 1.04 bits per heavy atom. The molecule has 1 aromatic carbocycles. The maximum Gasteiger partial charge on any atom is 0.297 e. The zero-order chi connectivity index (χ0) is 17.4. The summed E-state index contributed by atoms with van der Waals surface area (Å²) >= 11 is 0. The summed E-state index contributed by atoms with van der Waals surface area (Å²) in [5, 5.41) is 2.70. The Kier molecular flexibility index (Phi) is 7.20. The van der Waals surface area contributed by atoms with E-state index in [4.69, 9.17) is 8.92 Å². The van der Waals surface area contributed by atoms with E-state index < -0.39 is 10.1 Å². The topological polar surface area (TPSA) is 81.7 Å². The molecule has 24 heavy (non-hydrogen) atoms. The van der Waals surface area contributed by atoms with E-state index in [1.165, 1.54) is 12.1 Å². The third-order valence-electron chi connectivity index (χ3n) is 3.23. The molecule has 0 spiro atoms. The van der Waals surface area contributed by atoms with E-state index in [2.05, 4.69) is 5.32 Å². The maximum atomic E-state index is 11.9. The first-order chi connectivity index (χ1) is 11.5. The van der Waals surface area contributed by atoms with E-state index >= 15 is 0 Å². The van der Waals surface area contributed by atoms with E-state index in [0.717, 1.165) is 5.56 Å². The number of nitrogens with one attached hydrogen (secondary N) is 1. The number of rotatable bonds is 9. The average Bonchev–Trinajstić information content (AvgIpc) is 3.08. The molecule has 0 aliphatic heterocycles. The Morgan fingerprint density at radius 2 is 1.71 bits per heavy atom. The Bertz CT molecular complexity index is 621. The van der Waals surface area contributed by atoms with E-state index in [1.807, 2.05) is 6.92 Å². The summed E-state index contributed by atoms with van der Waals surface area (Å²) < 4.78 is 34.0. The summed E-state index contributed by atoms with van der Waals surface area (Å²) in [6.45, 7) is 2.54. The molecule has 129 valence electrons. The van der Waals surface area contributed by atoms with Crippen molar-refractivity contribution in [1.82, 2.24) is 5.32 Å². The second kappa shape index (κ2) is 9.15. The van der Waals surface area contributed by atoms with Gasteiger partial charge in [-0.3, -0.25) is 8.98 Å². The highest BCUT2D eigenvalue weighted by atomic mass is 32.2. The van der Waals surface area contributed by atoms with Crippen molar-refractivity contribution in [3.05, 3.63) is 61.4 Å². The lowest BCUT2D eigenvalue weighted by Crippen LogP contribution is -2.31. The molecule has 6 nitrogen and oxygen atoms in total. The number of hydrogen-bond acceptors (Lipinski definition) is 5. The molecular formula is C17H20NO5S. The Labute approximate surface area is 143 Å². The van der Waals surface area contributed by atoms with Gasteiger partial charge in [0.2, 0.25) is 5.91 Å². The first-order valence-electron chi connectivity index (χ1n) is 7.53. The van der Waals surface area contributed by atoms with Crippen molar-refractivity contribution >= 4 is 16.0 Å². The third kappa shape index (κ3) is 5.89. The zero-order valence-electron chi connectivity index (χ0n) is 13.4. The molecule has 0 bridgehead atoms. The summed E-state index contributed by atoms with van der Waals surface area (Å²) in [4.78, 5) is 11.8. The molecule has 7 heteroatoms. The lowest BCUT2D eigenvalue weighted by molar-refractivity contribution is -0.118. The lowest BCUT2D eigenvalue weighted by atomic mass is 10.1. The fourth-order valence-electron chi connectivity index (χ4n) is 1.94. The monoisotopic (exact) mass is 350 g/mol. The van der Waals surface area contributed by atoms with Gasteiger partial charge < -0.3 is 10.1 Å². The fourth-order valence-corrected chi connectivity index (χ4v) is 2.83. The molecule has 0 saturated heterocycles. The van der Waals surface area contributed by atoms with Gasteiger partial charge in [0.15, 0.2) is 0 Å². The van der Waals surface area contributed by atoms with Gasteiger partial charge in [-0.1, -0.05) is 17.7 Å². The van der Waals surface area contributed by atoms with Crippen molar-refractivity contribution in [3.8, 4) is 0 Å². The highest BCUT2D eigenvalue weighted by Gasteiger charge is 2.23. The molecule has 0 heterocycles. The summed E-state index contributed by atoms with van der Waals surface area (Å²) in [7, 11) is -3.76. The minimum absolute atomic E-state index is 0.0764. The van der Waals surface area contributed by atoms with Gasteiger partial charge in [0.1, 0.15) is 0 Å². The number of benzene rings is 1. The number of carbonyl (C=O) groups excluding carboxylic acids is 1. The molecule has 1 aliphatic carbocycles. The lowest BCUT2D eigenvalue weighted by Gasteiger charge is -2.10. The molecule has 0 aromatic heterocycles. The largest absolute Gasteiger partial charge is 0.377 e. The minimum Gasteiger partial charge on any atom is -0.377 e. The van der Waals surface area contributed by atoms with Crippen LogP contribution in [0.15, 0.2) is 29.2 Å². The molecule has 0 atom stereocenters. The Morgan fingerprint density at radius 3 is 2.38 bits per heavy atom. The van der Waals surface area contributed by atoms with Gasteiger partial charge in [-0.05, 0) is 44.7 Å². The highest BCUT2D eigenvalue weighted by molar-refractivity contribution is 7.86. The summed E-state index contributed by atoms with van der Waals surface area (Å²) in [5.41, 5.74) is 0.973. The SMILES string of the molecule is Cc1ccc(S(=O)(=O)OCCOCCNC(=O)[C]2[CH][CH][CH][CH]2)cc1. The molecule has 1 saturated carbocycles. The first kappa shape index (κ1) is 18.9. The summed E-state index contributed by atoms with van der Waals surface area (Å²) in [6, 6.07) is 6.43. The average molecular weight is 350 g/mol. The predicted molar refractivity (Wildman–Crippen MR) is 88.6 cm³/mol. The van der Waals surface area contributed by atoms with Crippen molar-refractivity contribution in [2.75, 3.05) is 26.4 Å². The number of hydrogen-bond donors (Lipinski definition) is 1. The molecule has 0 unspecified atom stereocenters. The van der Waals surface area contributed by atoms with Crippen molar-refractivity contribution in [2.45, 2.75) is 11.8 Å². The Balaban J connectivity index is 1.57. The fraction of sp³-hybridized carbons (Fsp3) is 0.294. The Hall–Kier alpha value is -1.44. The van der Waals surface area contributed by atoms with Crippen LogP contribution in [0.4, 0.5) is 0 Å². The quantitative estimate of drug-likeness (QED) is 0.535. The van der Waals surface area contributed by atoms with Crippen LogP contribution in [0.3, 0.4) is 0 Å². The molecule has 1 N–H and O–H groups in total. The standard InChI is InChI=1S/C17H20NO5S/c1-14-6-8-16(9-7-14)24(20,21)23-13-12-22-11-10-18-17(19)15-4-2-3-5-15/h2-9H,10-13H2,1H3,(H,18,19). The molecule has 1 fully saturated rings. The number of aryl methyl sites for hydroxylation is 1. The smallest absolute Gasteiger partial charge is 0.297 e. The van der Waals surface area contributed by atoms with E-state index in [0.29, 0.717) is 12.5 Å². The van der Waals surface area contributed by atoms with Gasteiger partial charge in [-0.15, -0.1) is 0 Å². The third-order valence-corrected chi connectivity index (χ3v) is 4.56. The van der Waals surface area contributed by atoms with E-state index in [9.17, 15) is 13.2 Å². The van der Waals surface area contributed by atoms with Crippen LogP contribution in [0.25, 0.3) is 0 Å². The first-order valence-corrected chi connectivity index (χ1v) is 8.93. The molecule has 5 radical (unpaired) electrons. The summed E-state index contributed by atoms with van der Waals surface area (Å²) in [5.74, 6) is 0.435. The number of amides is 1. The second-order valence-electron chi connectivity index (χ2n) is 5.13. The van der Waals surface area contributed by atoms with Crippen LogP contribution >= 0.6 is 0 Å².